The Morgan fingerprint density at radius 2 is 1.46 bits per heavy atom. The number of carbonyl (C=O) groups excluding carboxylic acids is 2. The summed E-state index contributed by atoms with van der Waals surface area (Å²) in [5.74, 6) is 0.132. The third kappa shape index (κ3) is 2.34. The lowest BCUT2D eigenvalue weighted by Gasteiger charge is -2.17. The van der Waals surface area contributed by atoms with E-state index in [2.05, 4.69) is 9.97 Å². The number of fused-ring (bicyclic) bond motifs is 4. The molecule has 3 aromatic carbocycles. The Hall–Kier alpha value is -3.55. The lowest BCUT2D eigenvalue weighted by molar-refractivity contribution is 0.0980. The van der Waals surface area contributed by atoms with Crippen molar-refractivity contribution in [1.82, 2.24) is 9.97 Å². The van der Waals surface area contributed by atoms with Crippen molar-refractivity contribution < 1.29 is 19.6 Å². The molecule has 0 atom stereocenters. The van der Waals surface area contributed by atoms with Crippen LogP contribution in [0, 0.1) is 0 Å². The largest absolute Gasteiger partial charge is 0.488 e. The van der Waals surface area contributed by atoms with Gasteiger partial charge in [-0.15, -0.1) is 0 Å². The summed E-state index contributed by atoms with van der Waals surface area (Å²) in [6.45, 7) is 0. The first-order valence-electron chi connectivity index (χ1n) is 8.72. The van der Waals surface area contributed by atoms with Crippen LogP contribution in [0.4, 0.5) is 0 Å². The van der Waals surface area contributed by atoms with Gasteiger partial charge in [0.1, 0.15) is 11.3 Å². The highest BCUT2D eigenvalue weighted by Crippen LogP contribution is 2.32. The third-order valence-electron chi connectivity index (χ3n) is 5.02. The molecule has 0 spiro atoms. The SMILES string of the molecule is O=C1c2ccccc2C(=O)c2c1ccc1[nH]c(-c3ccc(B(O)O)cc3)nc21. The Balaban J connectivity index is 1.68. The van der Waals surface area contributed by atoms with Gasteiger partial charge < -0.3 is 15.0 Å². The molecule has 134 valence electrons. The molecule has 0 saturated carbocycles. The van der Waals surface area contributed by atoms with Gasteiger partial charge in [-0.1, -0.05) is 48.5 Å². The summed E-state index contributed by atoms with van der Waals surface area (Å²) in [7, 11) is -1.54. The van der Waals surface area contributed by atoms with E-state index in [1.807, 2.05) is 0 Å². The Kier molecular flexibility index (Phi) is 3.55. The molecule has 1 aliphatic carbocycles. The predicted octanol–water partition coefficient (Wildman–Crippen LogP) is 1.69. The minimum atomic E-state index is -1.54. The number of H-pyrrole nitrogens is 1. The van der Waals surface area contributed by atoms with Crippen LogP contribution in [-0.2, 0) is 0 Å². The number of aromatic amines is 1. The van der Waals surface area contributed by atoms with Crippen LogP contribution >= 0.6 is 0 Å². The van der Waals surface area contributed by atoms with E-state index >= 15 is 0 Å². The van der Waals surface area contributed by atoms with E-state index in [0.29, 0.717) is 44.6 Å². The van der Waals surface area contributed by atoms with Gasteiger partial charge in [-0.3, -0.25) is 9.59 Å². The Morgan fingerprint density at radius 1 is 0.786 bits per heavy atom. The molecule has 6 nitrogen and oxygen atoms in total. The van der Waals surface area contributed by atoms with Crippen LogP contribution in [0.15, 0.2) is 60.7 Å². The van der Waals surface area contributed by atoms with Crippen molar-refractivity contribution >= 4 is 35.2 Å². The topological polar surface area (TPSA) is 103 Å². The Morgan fingerprint density at radius 3 is 2.14 bits per heavy atom. The fourth-order valence-corrected chi connectivity index (χ4v) is 3.60. The molecule has 1 aliphatic rings. The Labute approximate surface area is 159 Å². The molecule has 0 unspecified atom stereocenters. The van der Waals surface area contributed by atoms with Crippen LogP contribution in [0.5, 0.6) is 0 Å². The number of carbonyl (C=O) groups is 2. The summed E-state index contributed by atoms with van der Waals surface area (Å²) in [6.07, 6.45) is 0. The number of nitrogens with zero attached hydrogens (tertiary/aromatic N) is 1. The van der Waals surface area contributed by atoms with E-state index in [0.717, 1.165) is 5.56 Å². The molecular weight excluding hydrogens is 355 g/mol. The number of rotatable bonds is 2. The van der Waals surface area contributed by atoms with Gasteiger partial charge in [-0.05, 0) is 17.6 Å². The highest BCUT2D eigenvalue weighted by Gasteiger charge is 2.32. The van der Waals surface area contributed by atoms with Crippen LogP contribution in [-0.4, -0.2) is 38.7 Å². The van der Waals surface area contributed by atoms with Crippen LogP contribution in [0.2, 0.25) is 0 Å². The number of aromatic nitrogens is 2. The summed E-state index contributed by atoms with van der Waals surface area (Å²) in [5, 5.41) is 18.5. The zero-order valence-corrected chi connectivity index (χ0v) is 14.5. The number of hydrogen-bond donors (Lipinski definition) is 3. The lowest BCUT2D eigenvalue weighted by Crippen LogP contribution is -2.29. The fourth-order valence-electron chi connectivity index (χ4n) is 3.60. The smallest absolute Gasteiger partial charge is 0.423 e. The molecule has 0 radical (unpaired) electrons. The van der Waals surface area contributed by atoms with E-state index in [4.69, 9.17) is 0 Å². The quantitative estimate of drug-likeness (QED) is 0.412. The number of benzene rings is 3. The van der Waals surface area contributed by atoms with Crippen LogP contribution < -0.4 is 5.46 Å². The van der Waals surface area contributed by atoms with Gasteiger partial charge in [-0.2, -0.15) is 0 Å². The van der Waals surface area contributed by atoms with Crippen molar-refractivity contribution in [2.75, 3.05) is 0 Å². The van der Waals surface area contributed by atoms with Crippen LogP contribution in [0.3, 0.4) is 0 Å². The molecule has 28 heavy (non-hydrogen) atoms. The van der Waals surface area contributed by atoms with Crippen molar-refractivity contribution in [2.45, 2.75) is 0 Å². The number of imidazole rings is 1. The Bertz CT molecular complexity index is 1280. The van der Waals surface area contributed by atoms with Crippen LogP contribution in [0.1, 0.15) is 31.8 Å². The van der Waals surface area contributed by atoms with Gasteiger partial charge in [0.15, 0.2) is 11.6 Å². The van der Waals surface area contributed by atoms with Crippen LogP contribution in [0.25, 0.3) is 22.4 Å². The van der Waals surface area contributed by atoms with E-state index in [9.17, 15) is 19.6 Å². The first kappa shape index (κ1) is 16.6. The zero-order valence-electron chi connectivity index (χ0n) is 14.5. The van der Waals surface area contributed by atoms with Crippen molar-refractivity contribution in [2.24, 2.45) is 0 Å². The number of ketones is 2. The standard InChI is InChI=1S/C21H13BN2O4/c25-19-13-3-1-2-4-14(13)20(26)17-15(19)9-10-16-18(17)24-21(23-16)11-5-7-12(8-6-11)22(27)28/h1-10,27-28H,(H,23,24). The minimum absolute atomic E-state index is 0.182. The average Bonchev–Trinajstić information content (AvgIpc) is 3.16. The summed E-state index contributed by atoms with van der Waals surface area (Å²) in [6, 6.07) is 16.8. The van der Waals surface area contributed by atoms with Gasteiger partial charge in [0.25, 0.3) is 0 Å². The fraction of sp³-hybridized carbons (Fsp3) is 0. The zero-order chi connectivity index (χ0) is 19.4. The molecule has 1 aromatic heterocycles. The highest BCUT2D eigenvalue weighted by molar-refractivity contribution is 6.58. The van der Waals surface area contributed by atoms with Gasteiger partial charge >= 0.3 is 7.12 Å². The molecule has 3 N–H and O–H groups in total. The van der Waals surface area contributed by atoms with Gasteiger partial charge in [0, 0.05) is 22.3 Å². The second kappa shape index (κ2) is 5.98. The van der Waals surface area contributed by atoms with Crippen molar-refractivity contribution in [1.29, 1.82) is 0 Å². The van der Waals surface area contributed by atoms with E-state index in [1.165, 1.54) is 0 Å². The summed E-state index contributed by atoms with van der Waals surface area (Å²) < 4.78 is 0. The maximum absolute atomic E-state index is 13.1. The molecule has 0 fully saturated rings. The molecule has 7 heteroatoms. The molecule has 5 rings (SSSR count). The first-order valence-corrected chi connectivity index (χ1v) is 8.72. The summed E-state index contributed by atoms with van der Waals surface area (Å²) in [4.78, 5) is 33.7. The van der Waals surface area contributed by atoms with Crippen molar-refractivity contribution in [3.05, 3.63) is 82.9 Å². The van der Waals surface area contributed by atoms with Crippen molar-refractivity contribution in [3.8, 4) is 11.4 Å². The summed E-state index contributed by atoms with van der Waals surface area (Å²) >= 11 is 0. The van der Waals surface area contributed by atoms with E-state index in [1.54, 1.807) is 60.7 Å². The first-order chi connectivity index (χ1) is 13.5. The normalized spacial score (nSPS) is 12.8. The molecule has 0 amide bonds. The molecule has 1 heterocycles. The minimum Gasteiger partial charge on any atom is -0.423 e. The molecular formula is C21H13BN2O4. The summed E-state index contributed by atoms with van der Waals surface area (Å²) in [5.41, 5.74) is 3.66. The molecule has 0 aliphatic heterocycles. The predicted molar refractivity (Wildman–Crippen MR) is 105 cm³/mol. The second-order valence-electron chi connectivity index (χ2n) is 6.67. The van der Waals surface area contributed by atoms with E-state index < -0.39 is 7.12 Å². The van der Waals surface area contributed by atoms with Crippen molar-refractivity contribution in [3.63, 3.8) is 0 Å². The van der Waals surface area contributed by atoms with Gasteiger partial charge in [0.2, 0.25) is 0 Å². The second-order valence-corrected chi connectivity index (χ2v) is 6.67. The molecule has 0 bridgehead atoms. The maximum atomic E-state index is 13.1. The lowest BCUT2D eigenvalue weighted by atomic mass is 9.80. The monoisotopic (exact) mass is 368 g/mol. The number of hydrogen-bond acceptors (Lipinski definition) is 5. The van der Waals surface area contributed by atoms with Gasteiger partial charge in [0.05, 0.1) is 11.1 Å². The third-order valence-corrected chi connectivity index (χ3v) is 5.02. The molecule has 4 aromatic rings. The average molecular weight is 368 g/mol. The maximum Gasteiger partial charge on any atom is 0.488 e. The molecule has 0 saturated heterocycles. The number of nitrogens with one attached hydrogen (secondary N) is 1. The van der Waals surface area contributed by atoms with Gasteiger partial charge in [-0.25, -0.2) is 4.98 Å². The highest BCUT2D eigenvalue weighted by atomic mass is 16.4. The van der Waals surface area contributed by atoms with E-state index in [-0.39, 0.29) is 11.6 Å².